The van der Waals surface area contributed by atoms with Crippen molar-refractivity contribution in [3.8, 4) is 0 Å². The van der Waals surface area contributed by atoms with E-state index in [9.17, 15) is 4.79 Å². The molecule has 0 aromatic heterocycles. The zero-order valence-corrected chi connectivity index (χ0v) is 9.03. The van der Waals surface area contributed by atoms with Gasteiger partial charge in [0.15, 0.2) is 0 Å². The van der Waals surface area contributed by atoms with E-state index >= 15 is 0 Å². The van der Waals surface area contributed by atoms with Gasteiger partial charge in [-0.25, -0.2) is 0 Å². The summed E-state index contributed by atoms with van der Waals surface area (Å²) in [5, 5.41) is 6.27. The molecule has 4 nitrogen and oxygen atoms in total. The number of rotatable bonds is 3. The molecular formula is C11H18N2O2. The van der Waals surface area contributed by atoms with Gasteiger partial charge in [-0.1, -0.05) is 12.2 Å². The number of methoxy groups -OCH3 is 1. The number of carbonyl (C=O) groups excluding carboxylic acids is 1. The fraction of sp³-hybridized carbons (Fsp3) is 0.727. The monoisotopic (exact) mass is 210 g/mol. The zero-order valence-electron chi connectivity index (χ0n) is 9.03. The summed E-state index contributed by atoms with van der Waals surface area (Å²) in [4.78, 5) is 11.8. The fourth-order valence-electron chi connectivity index (χ4n) is 2.18. The fourth-order valence-corrected chi connectivity index (χ4v) is 2.18. The van der Waals surface area contributed by atoms with Crippen molar-refractivity contribution in [1.82, 2.24) is 10.6 Å². The maximum absolute atomic E-state index is 11.8. The van der Waals surface area contributed by atoms with Gasteiger partial charge in [0.25, 0.3) is 0 Å². The average molecular weight is 210 g/mol. The summed E-state index contributed by atoms with van der Waals surface area (Å²) in [6.45, 7) is 1.63. The Kier molecular flexibility index (Phi) is 3.38. The minimum atomic E-state index is 0.114. The highest BCUT2D eigenvalue weighted by Gasteiger charge is 2.30. The highest BCUT2D eigenvalue weighted by molar-refractivity contribution is 5.79. The lowest BCUT2D eigenvalue weighted by molar-refractivity contribution is -0.126. The van der Waals surface area contributed by atoms with Crippen LogP contribution in [0.1, 0.15) is 12.8 Å². The van der Waals surface area contributed by atoms with Crippen molar-refractivity contribution >= 4 is 5.91 Å². The third kappa shape index (κ3) is 2.38. The van der Waals surface area contributed by atoms with Crippen molar-refractivity contribution in [3.63, 3.8) is 0 Å². The first-order chi connectivity index (χ1) is 7.31. The number of amides is 1. The number of hydrogen-bond donors (Lipinski definition) is 2. The highest BCUT2D eigenvalue weighted by atomic mass is 16.5. The van der Waals surface area contributed by atoms with E-state index in [1.165, 1.54) is 0 Å². The summed E-state index contributed by atoms with van der Waals surface area (Å²) in [6, 6.07) is 0.128. The molecule has 15 heavy (non-hydrogen) atoms. The Bertz CT molecular complexity index is 257. The molecule has 0 aromatic rings. The molecule has 0 spiro atoms. The van der Waals surface area contributed by atoms with Crippen molar-refractivity contribution in [1.29, 1.82) is 0 Å². The largest absolute Gasteiger partial charge is 0.378 e. The summed E-state index contributed by atoms with van der Waals surface area (Å²) in [7, 11) is 1.69. The molecule has 0 bridgehead atoms. The van der Waals surface area contributed by atoms with Gasteiger partial charge in [-0.15, -0.1) is 0 Å². The first-order valence-electron chi connectivity index (χ1n) is 5.50. The van der Waals surface area contributed by atoms with Crippen LogP contribution in [-0.4, -0.2) is 38.3 Å². The van der Waals surface area contributed by atoms with Crippen molar-refractivity contribution < 1.29 is 9.53 Å². The third-order valence-corrected chi connectivity index (χ3v) is 3.17. The topological polar surface area (TPSA) is 50.4 Å². The van der Waals surface area contributed by atoms with E-state index < -0.39 is 0 Å². The van der Waals surface area contributed by atoms with Crippen molar-refractivity contribution in [3.05, 3.63) is 12.2 Å². The zero-order chi connectivity index (χ0) is 10.7. The molecule has 0 aromatic carbocycles. The normalized spacial score (nSPS) is 31.0. The van der Waals surface area contributed by atoms with Gasteiger partial charge in [0.1, 0.15) is 0 Å². The van der Waals surface area contributed by atoms with Crippen LogP contribution in [-0.2, 0) is 9.53 Å². The molecule has 0 unspecified atom stereocenters. The number of hydrogen-bond acceptors (Lipinski definition) is 3. The van der Waals surface area contributed by atoms with E-state index in [1.54, 1.807) is 7.11 Å². The van der Waals surface area contributed by atoms with Crippen LogP contribution in [0.5, 0.6) is 0 Å². The summed E-state index contributed by atoms with van der Waals surface area (Å²) in [5.41, 5.74) is 0. The van der Waals surface area contributed by atoms with Crippen LogP contribution in [0.4, 0.5) is 0 Å². The first-order valence-corrected chi connectivity index (χ1v) is 5.50. The Morgan fingerprint density at radius 2 is 2.13 bits per heavy atom. The Hall–Kier alpha value is -0.870. The predicted octanol–water partition coefficient (Wildman–Crippen LogP) is 0.0556. The van der Waals surface area contributed by atoms with Crippen molar-refractivity contribution in [2.45, 2.75) is 25.0 Å². The lowest BCUT2D eigenvalue weighted by atomic mass is 10.1. The van der Waals surface area contributed by atoms with Crippen molar-refractivity contribution in [2.24, 2.45) is 5.92 Å². The van der Waals surface area contributed by atoms with Gasteiger partial charge in [0.05, 0.1) is 12.1 Å². The lowest BCUT2D eigenvalue weighted by Gasteiger charge is -2.20. The molecule has 2 N–H and O–H groups in total. The van der Waals surface area contributed by atoms with Crippen molar-refractivity contribution in [2.75, 3.05) is 20.2 Å². The predicted molar refractivity (Wildman–Crippen MR) is 57.5 cm³/mol. The van der Waals surface area contributed by atoms with Gasteiger partial charge in [-0.05, 0) is 12.8 Å². The summed E-state index contributed by atoms with van der Waals surface area (Å²) < 4.78 is 5.29. The average Bonchev–Trinajstić information content (AvgIpc) is 2.87. The van der Waals surface area contributed by atoms with Gasteiger partial charge in [0.2, 0.25) is 5.91 Å². The molecule has 1 heterocycles. The molecule has 84 valence electrons. The quantitative estimate of drug-likeness (QED) is 0.647. The van der Waals surface area contributed by atoms with E-state index in [4.69, 9.17) is 4.74 Å². The summed E-state index contributed by atoms with van der Waals surface area (Å²) in [5.74, 6) is 0.304. The Morgan fingerprint density at radius 3 is 2.80 bits per heavy atom. The first kappa shape index (κ1) is 10.6. The minimum Gasteiger partial charge on any atom is -0.378 e. The molecule has 2 aliphatic rings. The van der Waals surface area contributed by atoms with Crippen LogP contribution in [0, 0.1) is 5.92 Å². The number of nitrogens with one attached hydrogen (secondary N) is 2. The molecule has 1 aliphatic heterocycles. The van der Waals surface area contributed by atoms with E-state index in [0.717, 1.165) is 25.9 Å². The summed E-state index contributed by atoms with van der Waals surface area (Å²) in [6.07, 6.45) is 6.02. The number of allylic oxidation sites excluding steroid dienone is 2. The van der Waals surface area contributed by atoms with Gasteiger partial charge < -0.3 is 15.4 Å². The van der Waals surface area contributed by atoms with Gasteiger partial charge in [-0.3, -0.25) is 4.79 Å². The van der Waals surface area contributed by atoms with Crippen LogP contribution in [0.15, 0.2) is 12.2 Å². The number of carbonyl (C=O) groups is 1. The summed E-state index contributed by atoms with van der Waals surface area (Å²) >= 11 is 0. The molecule has 1 amide bonds. The highest BCUT2D eigenvalue weighted by Crippen LogP contribution is 2.18. The van der Waals surface area contributed by atoms with Crippen LogP contribution in [0.2, 0.25) is 0 Å². The Balaban J connectivity index is 1.82. The van der Waals surface area contributed by atoms with Gasteiger partial charge in [0, 0.05) is 26.1 Å². The standard InChI is InChI=1S/C11H18N2O2/c1-15-10-7-12-6-9(10)13-11(14)8-4-2-3-5-8/h2-3,8-10,12H,4-7H2,1H3,(H,13,14)/t9-,10+/m1/s1. The second-order valence-electron chi connectivity index (χ2n) is 4.19. The Morgan fingerprint density at radius 1 is 1.40 bits per heavy atom. The SMILES string of the molecule is CO[C@H]1CNC[C@H]1NC(=O)C1CC=CC1. The molecule has 0 radical (unpaired) electrons. The molecule has 2 atom stereocenters. The smallest absolute Gasteiger partial charge is 0.224 e. The minimum absolute atomic E-state index is 0.114. The molecule has 1 fully saturated rings. The molecule has 1 saturated heterocycles. The van der Waals surface area contributed by atoms with E-state index in [0.29, 0.717) is 0 Å². The van der Waals surface area contributed by atoms with E-state index in [-0.39, 0.29) is 24.0 Å². The van der Waals surface area contributed by atoms with Crippen LogP contribution in [0.25, 0.3) is 0 Å². The molecule has 1 aliphatic carbocycles. The second kappa shape index (κ2) is 4.77. The maximum atomic E-state index is 11.8. The molecule has 0 saturated carbocycles. The lowest BCUT2D eigenvalue weighted by Crippen LogP contribution is -2.45. The van der Waals surface area contributed by atoms with Crippen LogP contribution < -0.4 is 10.6 Å². The van der Waals surface area contributed by atoms with Gasteiger partial charge >= 0.3 is 0 Å². The molecular weight excluding hydrogens is 192 g/mol. The van der Waals surface area contributed by atoms with E-state index in [1.807, 2.05) is 0 Å². The van der Waals surface area contributed by atoms with E-state index in [2.05, 4.69) is 22.8 Å². The maximum Gasteiger partial charge on any atom is 0.224 e. The molecule has 4 heteroatoms. The van der Waals surface area contributed by atoms with Crippen LogP contribution >= 0.6 is 0 Å². The second-order valence-corrected chi connectivity index (χ2v) is 4.19. The van der Waals surface area contributed by atoms with Gasteiger partial charge in [-0.2, -0.15) is 0 Å². The molecule has 2 rings (SSSR count). The Labute approximate surface area is 90.1 Å². The van der Waals surface area contributed by atoms with Crippen LogP contribution in [0.3, 0.4) is 0 Å². The third-order valence-electron chi connectivity index (χ3n) is 3.17. The number of ether oxygens (including phenoxy) is 1.